The Morgan fingerprint density at radius 3 is 2.38 bits per heavy atom. The summed E-state index contributed by atoms with van der Waals surface area (Å²) in [6.07, 6.45) is -4.49. The molecule has 2 aromatic rings. The van der Waals surface area contributed by atoms with Crippen molar-refractivity contribution in [3.8, 4) is 0 Å². The average Bonchev–Trinajstić information content (AvgIpc) is 2.66. The number of hydrogen-bond donors (Lipinski definition) is 1. The minimum atomic E-state index is -4.51. The smallest absolute Gasteiger partial charge is 0.399 e. The summed E-state index contributed by atoms with van der Waals surface area (Å²) in [4.78, 5) is 16.8. The highest BCUT2D eigenvalue weighted by Crippen LogP contribution is 2.34. The number of nitrogen functional groups attached to an aromatic ring is 1. The van der Waals surface area contributed by atoms with Gasteiger partial charge in [0.25, 0.3) is 0 Å². The topological polar surface area (TPSA) is 49.6 Å². The molecule has 0 atom stereocenters. The number of halogens is 3. The molecule has 4 nitrogen and oxygen atoms in total. The number of rotatable bonds is 5. The monoisotopic (exact) mass is 405 g/mol. The number of carbonyl (C=O) groups excluding carboxylic acids is 1. The summed E-state index contributed by atoms with van der Waals surface area (Å²) in [6.45, 7) is 5.20. The first-order valence-electron chi connectivity index (χ1n) is 9.62. The van der Waals surface area contributed by atoms with Crippen molar-refractivity contribution in [3.05, 3.63) is 64.2 Å². The van der Waals surface area contributed by atoms with Crippen LogP contribution in [0.2, 0.25) is 0 Å². The number of hydrogen-bond acceptors (Lipinski definition) is 4. The molecule has 156 valence electrons. The maximum absolute atomic E-state index is 13.7. The van der Waals surface area contributed by atoms with E-state index in [9.17, 15) is 18.0 Å². The summed E-state index contributed by atoms with van der Waals surface area (Å²) in [7, 11) is 2.00. The molecule has 0 bridgehead atoms. The van der Waals surface area contributed by atoms with Gasteiger partial charge in [-0.1, -0.05) is 24.3 Å². The van der Waals surface area contributed by atoms with Crippen molar-refractivity contribution < 1.29 is 18.0 Å². The van der Waals surface area contributed by atoms with E-state index in [-0.39, 0.29) is 29.9 Å². The van der Waals surface area contributed by atoms with Gasteiger partial charge in [0.05, 0.1) is 5.56 Å². The normalized spacial score (nSPS) is 16.2. The van der Waals surface area contributed by atoms with Gasteiger partial charge in [0.1, 0.15) is 0 Å². The van der Waals surface area contributed by atoms with Gasteiger partial charge in [-0.25, -0.2) is 0 Å². The number of aryl methyl sites for hydroxylation is 1. The Kier molecular flexibility index (Phi) is 6.29. The molecule has 0 saturated carbocycles. The van der Waals surface area contributed by atoms with E-state index >= 15 is 0 Å². The van der Waals surface area contributed by atoms with Crippen LogP contribution in [0.1, 0.15) is 32.6 Å². The number of nitrogens with zero attached hydrogens (tertiary/aromatic N) is 2. The second kappa shape index (κ2) is 8.55. The van der Waals surface area contributed by atoms with Gasteiger partial charge in [-0.2, -0.15) is 13.2 Å². The molecule has 1 aliphatic rings. The molecule has 1 fully saturated rings. The number of ketones is 1. The van der Waals surface area contributed by atoms with E-state index in [2.05, 4.69) is 4.90 Å². The number of anilines is 1. The van der Waals surface area contributed by atoms with Crippen molar-refractivity contribution in [1.29, 1.82) is 0 Å². The van der Waals surface area contributed by atoms with E-state index in [0.717, 1.165) is 37.8 Å². The standard InChI is InChI=1S/C22H26F3N3O/c1-15-3-4-16(11-20(15)26)12-21(29)17-5-6-18(19(13-17)22(23,24)25)14-28-9-7-27(2)8-10-28/h3-6,11,13H,7-10,12,14,26H2,1-2H3. The number of carbonyl (C=O) groups is 1. The number of benzene rings is 2. The molecule has 1 saturated heterocycles. The third-order valence-electron chi connectivity index (χ3n) is 5.44. The Morgan fingerprint density at radius 1 is 1.07 bits per heavy atom. The molecule has 7 heteroatoms. The van der Waals surface area contributed by atoms with Gasteiger partial charge in [-0.15, -0.1) is 0 Å². The lowest BCUT2D eigenvalue weighted by molar-refractivity contribution is -0.138. The highest BCUT2D eigenvalue weighted by atomic mass is 19.4. The summed E-state index contributed by atoms with van der Waals surface area (Å²) in [6, 6.07) is 9.21. The lowest BCUT2D eigenvalue weighted by atomic mass is 9.97. The molecule has 2 N–H and O–H groups in total. The van der Waals surface area contributed by atoms with Crippen LogP contribution in [0.15, 0.2) is 36.4 Å². The maximum Gasteiger partial charge on any atom is 0.416 e. The van der Waals surface area contributed by atoms with Gasteiger partial charge in [0.15, 0.2) is 5.78 Å². The summed E-state index contributed by atoms with van der Waals surface area (Å²) >= 11 is 0. The summed E-state index contributed by atoms with van der Waals surface area (Å²) in [5, 5.41) is 0. The average molecular weight is 405 g/mol. The fourth-order valence-corrected chi connectivity index (χ4v) is 3.49. The minimum Gasteiger partial charge on any atom is -0.399 e. The molecule has 29 heavy (non-hydrogen) atoms. The molecular weight excluding hydrogens is 379 g/mol. The number of piperazine rings is 1. The van der Waals surface area contributed by atoms with Gasteiger partial charge in [0, 0.05) is 50.4 Å². The van der Waals surface area contributed by atoms with Crippen molar-refractivity contribution in [2.75, 3.05) is 39.0 Å². The summed E-state index contributed by atoms with van der Waals surface area (Å²) in [5.74, 6) is -0.357. The first kappa shape index (κ1) is 21.3. The number of alkyl halides is 3. The summed E-state index contributed by atoms with van der Waals surface area (Å²) in [5.41, 5.74) is 7.56. The largest absolute Gasteiger partial charge is 0.416 e. The van der Waals surface area contributed by atoms with Crippen molar-refractivity contribution in [2.45, 2.75) is 26.1 Å². The molecule has 3 rings (SSSR count). The molecule has 2 aromatic carbocycles. The van der Waals surface area contributed by atoms with Crippen LogP contribution in [0.25, 0.3) is 0 Å². The lowest BCUT2D eigenvalue weighted by Crippen LogP contribution is -2.44. The van der Waals surface area contributed by atoms with Crippen LogP contribution in [0.4, 0.5) is 18.9 Å². The fourth-order valence-electron chi connectivity index (χ4n) is 3.49. The Balaban J connectivity index is 1.81. The van der Waals surface area contributed by atoms with E-state index in [1.54, 1.807) is 18.2 Å². The molecule has 0 aromatic heterocycles. The Labute approximate surface area is 169 Å². The maximum atomic E-state index is 13.7. The SMILES string of the molecule is Cc1ccc(CC(=O)c2ccc(CN3CCN(C)CC3)c(C(F)(F)F)c2)cc1N. The van der Waals surface area contributed by atoms with E-state index in [1.165, 1.54) is 12.1 Å². The van der Waals surface area contributed by atoms with E-state index in [0.29, 0.717) is 11.3 Å². The molecule has 1 heterocycles. The molecule has 0 unspecified atom stereocenters. The molecule has 1 aliphatic heterocycles. The zero-order chi connectivity index (χ0) is 21.2. The number of likely N-dealkylation sites (N-methyl/N-ethyl adjacent to an activating group) is 1. The van der Waals surface area contributed by atoms with E-state index in [4.69, 9.17) is 5.73 Å². The van der Waals surface area contributed by atoms with Gasteiger partial charge < -0.3 is 10.6 Å². The second-order valence-electron chi connectivity index (χ2n) is 7.74. The third kappa shape index (κ3) is 5.36. The molecule has 0 amide bonds. The van der Waals surface area contributed by atoms with E-state index < -0.39 is 11.7 Å². The quantitative estimate of drug-likeness (QED) is 0.608. The van der Waals surface area contributed by atoms with Gasteiger partial charge in [0.2, 0.25) is 0 Å². The predicted octanol–water partition coefficient (Wildman–Crippen LogP) is 3.77. The summed E-state index contributed by atoms with van der Waals surface area (Å²) < 4.78 is 41.0. The first-order chi connectivity index (χ1) is 13.6. The van der Waals surface area contributed by atoms with Gasteiger partial charge in [-0.3, -0.25) is 9.69 Å². The Bertz CT molecular complexity index is 887. The number of nitrogens with two attached hydrogens (primary N) is 1. The zero-order valence-electron chi connectivity index (χ0n) is 16.7. The van der Waals surface area contributed by atoms with Crippen LogP contribution in [0.5, 0.6) is 0 Å². The van der Waals surface area contributed by atoms with Gasteiger partial charge in [-0.05, 0) is 42.8 Å². The van der Waals surface area contributed by atoms with Crippen LogP contribution in [-0.4, -0.2) is 48.8 Å². The Hall–Kier alpha value is -2.38. The van der Waals surface area contributed by atoms with Crippen LogP contribution >= 0.6 is 0 Å². The first-order valence-corrected chi connectivity index (χ1v) is 9.62. The van der Waals surface area contributed by atoms with Crippen LogP contribution in [-0.2, 0) is 19.1 Å². The van der Waals surface area contributed by atoms with Crippen molar-refractivity contribution >= 4 is 11.5 Å². The molecule has 0 radical (unpaired) electrons. The third-order valence-corrected chi connectivity index (χ3v) is 5.44. The van der Waals surface area contributed by atoms with Crippen LogP contribution in [0, 0.1) is 6.92 Å². The second-order valence-corrected chi connectivity index (χ2v) is 7.74. The van der Waals surface area contributed by atoms with E-state index in [1.807, 2.05) is 18.9 Å². The highest BCUT2D eigenvalue weighted by Gasteiger charge is 2.34. The Morgan fingerprint density at radius 2 is 1.76 bits per heavy atom. The lowest BCUT2D eigenvalue weighted by Gasteiger charge is -2.33. The molecular formula is C22H26F3N3O. The van der Waals surface area contributed by atoms with Crippen molar-refractivity contribution in [1.82, 2.24) is 9.80 Å². The van der Waals surface area contributed by atoms with Crippen molar-refractivity contribution in [3.63, 3.8) is 0 Å². The van der Waals surface area contributed by atoms with Crippen LogP contribution in [0.3, 0.4) is 0 Å². The predicted molar refractivity (Wildman–Crippen MR) is 108 cm³/mol. The van der Waals surface area contributed by atoms with Crippen molar-refractivity contribution in [2.24, 2.45) is 0 Å². The molecule has 0 spiro atoms. The molecule has 0 aliphatic carbocycles. The number of Topliss-reactive ketones (excluding diaryl/α,β-unsaturated/α-hetero) is 1. The zero-order valence-corrected chi connectivity index (χ0v) is 16.7. The highest BCUT2D eigenvalue weighted by molar-refractivity contribution is 5.97. The fraction of sp³-hybridized carbons (Fsp3) is 0.409. The van der Waals surface area contributed by atoms with Gasteiger partial charge >= 0.3 is 6.18 Å². The minimum absolute atomic E-state index is 0.0135. The van der Waals surface area contributed by atoms with Crippen LogP contribution < -0.4 is 5.73 Å².